The SMILES string of the molecule is COc1nc(N)nc2c1nc(I)n2[C@@H]1O[C@H](COP(=O)(N[C@H](C)C(=O)O)N[C@H](C)C(=O)OCC(C)(C)C)[C@@H](O)[C@@]1(C)O. The van der Waals surface area contributed by atoms with Crippen LogP contribution >= 0.6 is 30.3 Å². The molecule has 2 aromatic heterocycles. The molecule has 1 fully saturated rings. The lowest BCUT2D eigenvalue weighted by molar-refractivity contribution is -0.148. The highest BCUT2D eigenvalue weighted by Crippen LogP contribution is 2.44. The molecule has 42 heavy (non-hydrogen) atoms. The van der Waals surface area contributed by atoms with E-state index >= 15 is 0 Å². The molecule has 3 heterocycles. The molecular weight excluding hydrogens is 692 g/mol. The van der Waals surface area contributed by atoms with Gasteiger partial charge >= 0.3 is 19.6 Å². The molecule has 0 spiro atoms. The van der Waals surface area contributed by atoms with E-state index in [-0.39, 0.29) is 35.0 Å². The Morgan fingerprint density at radius 3 is 2.43 bits per heavy atom. The molecule has 1 unspecified atom stereocenters. The lowest BCUT2D eigenvalue weighted by atomic mass is 9.96. The molecule has 236 valence electrons. The lowest BCUT2D eigenvalue weighted by Crippen LogP contribution is -2.45. The Kier molecular flexibility index (Phi) is 10.5. The number of nitrogen functional groups attached to an aromatic ring is 1. The van der Waals surface area contributed by atoms with E-state index in [1.165, 1.54) is 32.4 Å². The molecule has 1 aliphatic heterocycles. The first-order valence-corrected chi connectivity index (χ1v) is 15.5. The van der Waals surface area contributed by atoms with Crippen molar-refractivity contribution in [1.29, 1.82) is 0 Å². The van der Waals surface area contributed by atoms with Gasteiger partial charge in [-0.1, -0.05) is 20.8 Å². The van der Waals surface area contributed by atoms with Crippen LogP contribution in [0.3, 0.4) is 0 Å². The Hall–Kier alpha value is -2.19. The first kappa shape index (κ1) is 34.3. The van der Waals surface area contributed by atoms with Gasteiger partial charge in [-0.2, -0.15) is 9.97 Å². The summed E-state index contributed by atoms with van der Waals surface area (Å²) < 4.78 is 37.5. The third-order valence-electron chi connectivity index (χ3n) is 6.18. The van der Waals surface area contributed by atoms with Gasteiger partial charge in [0.25, 0.3) is 0 Å². The number of nitrogens with zero attached hydrogens (tertiary/aromatic N) is 4. The third kappa shape index (κ3) is 7.65. The highest BCUT2D eigenvalue weighted by Gasteiger charge is 2.54. The Balaban J connectivity index is 1.85. The van der Waals surface area contributed by atoms with Gasteiger partial charge in [-0.15, -0.1) is 0 Å². The molecule has 1 saturated heterocycles. The van der Waals surface area contributed by atoms with E-state index in [2.05, 4.69) is 25.1 Å². The molecule has 7 N–H and O–H groups in total. The average Bonchev–Trinajstić information content (AvgIpc) is 3.31. The minimum Gasteiger partial charge on any atom is -0.480 e. The number of aliphatic hydroxyl groups excluding tert-OH is 1. The molecule has 0 amide bonds. The largest absolute Gasteiger partial charge is 0.480 e. The zero-order chi connectivity index (χ0) is 31.8. The molecular formula is C23H37IN7O10P. The van der Waals surface area contributed by atoms with Crippen LogP contribution in [0, 0.1) is 9.25 Å². The molecule has 2 aromatic rings. The number of nitrogens with one attached hydrogen (secondary N) is 2. The number of imidazole rings is 1. The molecule has 7 atom stereocenters. The van der Waals surface area contributed by atoms with Gasteiger partial charge in [0.05, 0.1) is 20.3 Å². The maximum absolute atomic E-state index is 13.7. The fourth-order valence-electron chi connectivity index (χ4n) is 3.96. The summed E-state index contributed by atoms with van der Waals surface area (Å²) in [5.41, 5.74) is 3.94. The van der Waals surface area contributed by atoms with Crippen molar-refractivity contribution < 1.29 is 48.2 Å². The van der Waals surface area contributed by atoms with Crippen molar-refractivity contribution in [3.05, 3.63) is 3.83 Å². The number of hydrogen-bond acceptors (Lipinski definition) is 13. The molecule has 17 nitrogen and oxygen atoms in total. The van der Waals surface area contributed by atoms with Crippen molar-refractivity contribution in [2.75, 3.05) is 26.1 Å². The van der Waals surface area contributed by atoms with Gasteiger partial charge in [0.1, 0.15) is 29.9 Å². The second-order valence-corrected chi connectivity index (χ2v) is 14.1. The summed E-state index contributed by atoms with van der Waals surface area (Å²) in [7, 11) is -2.92. The molecule has 0 saturated carbocycles. The Morgan fingerprint density at radius 2 is 1.86 bits per heavy atom. The maximum Gasteiger partial charge on any atom is 0.342 e. The molecule has 0 aliphatic carbocycles. The quantitative estimate of drug-likeness (QED) is 0.0766. The zero-order valence-electron chi connectivity index (χ0n) is 24.2. The van der Waals surface area contributed by atoms with E-state index < -0.39 is 62.3 Å². The smallest absolute Gasteiger partial charge is 0.342 e. The van der Waals surface area contributed by atoms with E-state index in [0.29, 0.717) is 3.83 Å². The van der Waals surface area contributed by atoms with E-state index in [9.17, 15) is 29.5 Å². The molecule has 0 aromatic carbocycles. The van der Waals surface area contributed by atoms with Crippen molar-refractivity contribution in [3.8, 4) is 5.88 Å². The number of fused-ring (bicyclic) bond motifs is 1. The molecule has 3 rings (SSSR count). The van der Waals surface area contributed by atoms with Crippen LogP contribution in [0.5, 0.6) is 5.88 Å². The number of nitrogens with two attached hydrogens (primary N) is 1. The average molecular weight is 729 g/mol. The number of esters is 1. The summed E-state index contributed by atoms with van der Waals surface area (Å²) in [6, 6.07) is -2.53. The van der Waals surface area contributed by atoms with Gasteiger partial charge in [-0.05, 0) is 26.2 Å². The number of aliphatic hydroxyl groups is 2. The van der Waals surface area contributed by atoms with Gasteiger partial charge in [0, 0.05) is 22.6 Å². The summed E-state index contributed by atoms with van der Waals surface area (Å²) in [5, 5.41) is 36.5. The number of carbonyl (C=O) groups excluding carboxylic acids is 1. The minimum atomic E-state index is -4.30. The van der Waals surface area contributed by atoms with Crippen LogP contribution in [0.15, 0.2) is 0 Å². The number of carboxylic acids is 1. The van der Waals surface area contributed by atoms with Crippen molar-refractivity contribution in [2.24, 2.45) is 5.41 Å². The fourth-order valence-corrected chi connectivity index (χ4v) is 6.50. The highest BCUT2D eigenvalue weighted by molar-refractivity contribution is 14.1. The van der Waals surface area contributed by atoms with E-state index in [0.717, 1.165) is 0 Å². The van der Waals surface area contributed by atoms with Crippen molar-refractivity contribution >= 4 is 59.3 Å². The predicted octanol–water partition coefficient (Wildman–Crippen LogP) is 0.786. The third-order valence-corrected chi connectivity index (χ3v) is 8.91. The molecule has 1 aliphatic rings. The standard InChI is InChI=1S/C23H37IN7O10P/c1-10(17(33)34)29-42(37,30-11(2)18(35)39-9-22(3,4)5)40-8-12-14(32)23(6,36)19(41-12)31-15-13(26-20(31)24)16(38-7)28-21(25)27-15/h10-12,14,19,32,36H,8-9H2,1-7H3,(H,33,34)(H2,25,27,28)(H2,29,30,37)/t10-,11-,12-,14-,19-,23-,42?/m1/s1. The number of halogens is 1. The van der Waals surface area contributed by atoms with Gasteiger partial charge in [0.2, 0.25) is 11.8 Å². The number of anilines is 1. The topological polar surface area (TPSA) is 242 Å². The van der Waals surface area contributed by atoms with E-state index in [1.54, 1.807) is 0 Å². The number of methoxy groups -OCH3 is 1. The summed E-state index contributed by atoms with van der Waals surface area (Å²) in [6.07, 6.45) is -4.14. The number of hydrogen-bond donors (Lipinski definition) is 6. The Bertz CT molecular complexity index is 1370. The molecule has 19 heteroatoms. The lowest BCUT2D eigenvalue weighted by Gasteiger charge is -2.28. The highest BCUT2D eigenvalue weighted by atomic mass is 127. The van der Waals surface area contributed by atoms with Crippen LogP contribution in [0.25, 0.3) is 11.2 Å². The first-order valence-electron chi connectivity index (χ1n) is 12.8. The fraction of sp³-hybridized carbons (Fsp3) is 0.696. The van der Waals surface area contributed by atoms with Crippen LogP contribution in [0.4, 0.5) is 5.95 Å². The number of aliphatic carboxylic acids is 1. The monoisotopic (exact) mass is 729 g/mol. The number of carboxylic acid groups (broad SMARTS) is 1. The van der Waals surface area contributed by atoms with E-state index in [4.69, 9.17) is 24.5 Å². The van der Waals surface area contributed by atoms with Crippen LogP contribution in [-0.2, 0) is 28.2 Å². The summed E-state index contributed by atoms with van der Waals surface area (Å²) >= 11 is 1.88. The molecule has 0 radical (unpaired) electrons. The number of aromatic nitrogens is 4. The zero-order valence-corrected chi connectivity index (χ0v) is 27.2. The minimum absolute atomic E-state index is 0.0880. The van der Waals surface area contributed by atoms with Crippen LogP contribution in [0.1, 0.15) is 47.8 Å². The normalized spacial score (nSPS) is 25.6. The summed E-state index contributed by atoms with van der Waals surface area (Å²) in [4.78, 5) is 36.6. The first-order chi connectivity index (χ1) is 19.3. The summed E-state index contributed by atoms with van der Waals surface area (Å²) in [6.45, 7) is 9.02. The second kappa shape index (κ2) is 12.8. The Labute approximate surface area is 255 Å². The number of rotatable bonds is 12. The Morgan fingerprint density at radius 1 is 1.24 bits per heavy atom. The van der Waals surface area contributed by atoms with Gasteiger partial charge in [0.15, 0.2) is 21.2 Å². The van der Waals surface area contributed by atoms with Crippen molar-refractivity contribution in [1.82, 2.24) is 29.7 Å². The van der Waals surface area contributed by atoms with Gasteiger partial charge < -0.3 is 39.8 Å². The number of ether oxygens (including phenoxy) is 3. The molecule has 0 bridgehead atoms. The number of carbonyl (C=O) groups is 2. The van der Waals surface area contributed by atoms with Crippen LogP contribution in [0.2, 0.25) is 0 Å². The predicted molar refractivity (Wildman–Crippen MR) is 156 cm³/mol. The van der Waals surface area contributed by atoms with Crippen molar-refractivity contribution in [2.45, 2.75) is 77.7 Å². The maximum atomic E-state index is 13.7. The van der Waals surface area contributed by atoms with Crippen LogP contribution < -0.4 is 20.6 Å². The van der Waals surface area contributed by atoms with Gasteiger partial charge in [-0.3, -0.25) is 18.7 Å². The van der Waals surface area contributed by atoms with E-state index in [1.807, 2.05) is 43.4 Å². The second-order valence-electron chi connectivity index (χ2n) is 11.3. The van der Waals surface area contributed by atoms with Gasteiger partial charge in [-0.25, -0.2) is 15.2 Å². The van der Waals surface area contributed by atoms with Crippen molar-refractivity contribution in [3.63, 3.8) is 0 Å². The van der Waals surface area contributed by atoms with Crippen LogP contribution in [-0.4, -0.2) is 97.0 Å². The summed E-state index contributed by atoms with van der Waals surface area (Å²) in [5.74, 6) is -2.11.